The van der Waals surface area contributed by atoms with Gasteiger partial charge in [0.25, 0.3) is 11.1 Å². The van der Waals surface area contributed by atoms with Crippen LogP contribution in [0.5, 0.6) is 11.5 Å². The van der Waals surface area contributed by atoms with Crippen molar-refractivity contribution in [1.82, 2.24) is 4.90 Å². The Balaban J connectivity index is 2.21. The van der Waals surface area contributed by atoms with E-state index in [1.165, 1.54) is 4.90 Å². The second-order valence-electron chi connectivity index (χ2n) is 6.16. The highest BCUT2D eigenvalue weighted by Crippen LogP contribution is 2.31. The fourth-order valence-corrected chi connectivity index (χ4v) is 3.03. The lowest BCUT2D eigenvalue weighted by molar-refractivity contribution is 0.102. The highest BCUT2D eigenvalue weighted by atomic mass is 32.2. The molecule has 0 aliphatic rings. The predicted octanol–water partition coefficient (Wildman–Crippen LogP) is 4.90. The number of hydrogen-bond donors (Lipinski definition) is 1. The van der Waals surface area contributed by atoms with Gasteiger partial charge in [0.15, 0.2) is 11.5 Å². The van der Waals surface area contributed by atoms with E-state index in [1.54, 1.807) is 44.4 Å². The quantitative estimate of drug-likeness (QED) is 0.636. The highest BCUT2D eigenvalue weighted by Gasteiger charge is 2.15. The maximum Gasteiger partial charge on any atom is 0.286 e. The second kappa shape index (κ2) is 10.6. The van der Waals surface area contributed by atoms with Crippen LogP contribution in [0.25, 0.3) is 0 Å². The number of para-hydroxylation sites is 1. The van der Waals surface area contributed by atoms with E-state index in [0.717, 1.165) is 18.2 Å². The summed E-state index contributed by atoms with van der Waals surface area (Å²) in [7, 11) is 3.38. The fourth-order valence-electron chi connectivity index (χ4n) is 2.29. The molecule has 0 saturated carbocycles. The minimum Gasteiger partial charge on any atom is -0.490 e. The first-order chi connectivity index (χ1) is 13.5. The molecule has 0 bridgehead atoms. The molecule has 0 heterocycles. The molecule has 2 aromatic rings. The van der Waals surface area contributed by atoms with Crippen LogP contribution >= 0.6 is 11.8 Å². The molecule has 150 valence electrons. The monoisotopic (exact) mass is 402 g/mol. The lowest BCUT2D eigenvalue weighted by Crippen LogP contribution is -2.17. The number of amides is 2. The third kappa shape index (κ3) is 5.92. The second-order valence-corrected chi connectivity index (χ2v) is 7.15. The van der Waals surface area contributed by atoms with Crippen LogP contribution in [0.2, 0.25) is 0 Å². The summed E-state index contributed by atoms with van der Waals surface area (Å²) < 4.78 is 11.3. The van der Waals surface area contributed by atoms with Crippen LogP contribution in [0.4, 0.5) is 10.5 Å². The number of carbonyl (C=O) groups excluding carboxylic acids is 2. The molecule has 0 fully saturated rings. The molecule has 2 aromatic carbocycles. The minimum absolute atomic E-state index is 0.113. The van der Waals surface area contributed by atoms with E-state index in [1.807, 2.05) is 26.0 Å². The van der Waals surface area contributed by atoms with Gasteiger partial charge < -0.3 is 19.7 Å². The first-order valence-electron chi connectivity index (χ1n) is 9.15. The van der Waals surface area contributed by atoms with Crippen molar-refractivity contribution < 1.29 is 19.1 Å². The van der Waals surface area contributed by atoms with Crippen molar-refractivity contribution in [3.63, 3.8) is 0 Å². The summed E-state index contributed by atoms with van der Waals surface area (Å²) in [6.45, 7) is 4.96. The average Bonchev–Trinajstić information content (AvgIpc) is 2.68. The van der Waals surface area contributed by atoms with Gasteiger partial charge in [0.1, 0.15) is 0 Å². The van der Waals surface area contributed by atoms with Gasteiger partial charge in [-0.1, -0.05) is 19.1 Å². The number of rotatable bonds is 8. The zero-order valence-electron chi connectivity index (χ0n) is 16.7. The van der Waals surface area contributed by atoms with E-state index in [0.29, 0.717) is 40.9 Å². The smallest absolute Gasteiger partial charge is 0.286 e. The molecular weight excluding hydrogens is 376 g/mol. The van der Waals surface area contributed by atoms with Crippen molar-refractivity contribution in [2.75, 3.05) is 32.6 Å². The Bertz CT molecular complexity index is 824. The van der Waals surface area contributed by atoms with Gasteiger partial charge in [-0.15, -0.1) is 0 Å². The zero-order chi connectivity index (χ0) is 20.5. The molecule has 0 spiro atoms. The summed E-state index contributed by atoms with van der Waals surface area (Å²) in [6.07, 6.45) is 0.883. The summed E-state index contributed by atoms with van der Waals surface area (Å²) in [6, 6.07) is 12.3. The van der Waals surface area contributed by atoms with Crippen molar-refractivity contribution in [1.29, 1.82) is 0 Å². The maximum absolute atomic E-state index is 12.8. The predicted molar refractivity (Wildman–Crippen MR) is 113 cm³/mol. The normalized spacial score (nSPS) is 10.3. The number of ether oxygens (including phenoxy) is 2. The molecule has 6 nitrogen and oxygen atoms in total. The lowest BCUT2D eigenvalue weighted by Gasteiger charge is -2.15. The summed E-state index contributed by atoms with van der Waals surface area (Å²) >= 11 is 1.07. The van der Waals surface area contributed by atoms with E-state index >= 15 is 0 Å². The van der Waals surface area contributed by atoms with Gasteiger partial charge in [-0.25, -0.2) is 0 Å². The van der Waals surface area contributed by atoms with Crippen molar-refractivity contribution in [3.05, 3.63) is 48.0 Å². The Morgan fingerprint density at radius 1 is 1.04 bits per heavy atom. The number of thioether (sulfide) groups is 1. The molecule has 1 N–H and O–H groups in total. The van der Waals surface area contributed by atoms with Crippen molar-refractivity contribution in [2.24, 2.45) is 0 Å². The standard InChI is InChI=1S/C21H26N2O4S/c1-5-13-27-17-12-11-15(14-18(17)26-6-2)20(24)22-16-9-7-8-10-19(16)28-21(25)23(3)4/h7-12,14H,5-6,13H2,1-4H3,(H,22,24). The van der Waals surface area contributed by atoms with Crippen LogP contribution in [0.1, 0.15) is 30.6 Å². The molecule has 0 aromatic heterocycles. The van der Waals surface area contributed by atoms with Gasteiger partial charge in [0, 0.05) is 24.6 Å². The molecule has 7 heteroatoms. The van der Waals surface area contributed by atoms with E-state index in [4.69, 9.17) is 9.47 Å². The Hall–Kier alpha value is -2.67. The first kappa shape index (κ1) is 21.6. The lowest BCUT2D eigenvalue weighted by atomic mass is 10.1. The number of nitrogens with zero attached hydrogens (tertiary/aromatic N) is 1. The van der Waals surface area contributed by atoms with Crippen LogP contribution in [-0.4, -0.2) is 43.4 Å². The van der Waals surface area contributed by atoms with Gasteiger partial charge in [-0.2, -0.15) is 0 Å². The zero-order valence-corrected chi connectivity index (χ0v) is 17.5. The molecule has 0 unspecified atom stereocenters. The highest BCUT2D eigenvalue weighted by molar-refractivity contribution is 8.13. The van der Waals surface area contributed by atoms with Crippen molar-refractivity contribution in [2.45, 2.75) is 25.2 Å². The summed E-state index contributed by atoms with van der Waals surface area (Å²) in [5, 5.41) is 2.76. The largest absolute Gasteiger partial charge is 0.490 e. The first-order valence-corrected chi connectivity index (χ1v) is 9.97. The van der Waals surface area contributed by atoms with Crippen LogP contribution in [-0.2, 0) is 0 Å². The van der Waals surface area contributed by atoms with E-state index in [2.05, 4.69) is 5.32 Å². The van der Waals surface area contributed by atoms with Gasteiger partial charge in [0.2, 0.25) is 0 Å². The van der Waals surface area contributed by atoms with E-state index in [-0.39, 0.29) is 11.1 Å². The van der Waals surface area contributed by atoms with Crippen molar-refractivity contribution in [3.8, 4) is 11.5 Å². The van der Waals surface area contributed by atoms with Gasteiger partial charge in [-0.05, 0) is 55.4 Å². The molecule has 2 rings (SSSR count). The number of carbonyl (C=O) groups is 2. The Morgan fingerprint density at radius 2 is 1.79 bits per heavy atom. The van der Waals surface area contributed by atoms with Crippen LogP contribution in [0.3, 0.4) is 0 Å². The van der Waals surface area contributed by atoms with Gasteiger partial charge in [0.05, 0.1) is 18.9 Å². The van der Waals surface area contributed by atoms with Gasteiger partial charge >= 0.3 is 0 Å². The molecule has 2 amide bonds. The van der Waals surface area contributed by atoms with Crippen LogP contribution in [0, 0.1) is 0 Å². The number of hydrogen-bond acceptors (Lipinski definition) is 5. The molecule has 0 saturated heterocycles. The third-order valence-corrected chi connectivity index (χ3v) is 4.78. The maximum atomic E-state index is 12.8. The summed E-state index contributed by atoms with van der Waals surface area (Å²) in [4.78, 5) is 26.9. The molecule has 0 radical (unpaired) electrons. The number of nitrogens with one attached hydrogen (secondary N) is 1. The molecule has 0 aliphatic heterocycles. The van der Waals surface area contributed by atoms with Crippen molar-refractivity contribution >= 4 is 28.6 Å². The Morgan fingerprint density at radius 3 is 2.46 bits per heavy atom. The van der Waals surface area contributed by atoms with E-state index < -0.39 is 0 Å². The fraction of sp³-hybridized carbons (Fsp3) is 0.333. The molecule has 0 atom stereocenters. The number of benzene rings is 2. The van der Waals surface area contributed by atoms with Crippen LogP contribution in [0.15, 0.2) is 47.4 Å². The van der Waals surface area contributed by atoms with E-state index in [9.17, 15) is 9.59 Å². The SMILES string of the molecule is CCCOc1ccc(C(=O)Nc2ccccc2SC(=O)N(C)C)cc1OCC. The molecule has 28 heavy (non-hydrogen) atoms. The molecule has 0 aliphatic carbocycles. The average molecular weight is 403 g/mol. The summed E-state index contributed by atoms with van der Waals surface area (Å²) in [5.41, 5.74) is 1.03. The third-order valence-electron chi connectivity index (χ3n) is 3.67. The van der Waals surface area contributed by atoms with Gasteiger partial charge in [-0.3, -0.25) is 9.59 Å². The number of anilines is 1. The Labute approximate surface area is 170 Å². The van der Waals surface area contributed by atoms with Crippen LogP contribution < -0.4 is 14.8 Å². The molecular formula is C21H26N2O4S. The summed E-state index contributed by atoms with van der Waals surface area (Å²) in [5.74, 6) is 0.871. The topological polar surface area (TPSA) is 67.9 Å². The minimum atomic E-state index is -0.284. The Kier molecular flexibility index (Phi) is 8.19.